The van der Waals surface area contributed by atoms with Crippen LogP contribution in [-0.4, -0.2) is 42.0 Å². The summed E-state index contributed by atoms with van der Waals surface area (Å²) in [5, 5.41) is 11.0. The molecule has 0 bridgehead atoms. The van der Waals surface area contributed by atoms with Gasteiger partial charge in [0.15, 0.2) is 0 Å². The van der Waals surface area contributed by atoms with Gasteiger partial charge >= 0.3 is 12.1 Å². The van der Waals surface area contributed by atoms with Crippen molar-refractivity contribution in [1.82, 2.24) is 10.2 Å². The molecule has 5 amide bonds. The number of rotatable bonds is 5. The molecule has 1 aliphatic rings. The third-order valence-corrected chi connectivity index (χ3v) is 5.01. The molecule has 0 aliphatic carbocycles. The van der Waals surface area contributed by atoms with E-state index in [2.05, 4.69) is 21.3 Å². The van der Waals surface area contributed by atoms with Crippen LogP contribution in [0, 0.1) is 11.7 Å². The number of piperidine rings is 1. The van der Waals surface area contributed by atoms with Crippen LogP contribution in [0.4, 0.5) is 31.0 Å². The Morgan fingerprint density at radius 1 is 0.906 bits per heavy atom. The molecule has 2 aromatic rings. The molecular weight excluding hydrogens is 413 g/mol. The minimum atomic E-state index is -0.465. The molecule has 0 aromatic heterocycles. The summed E-state index contributed by atoms with van der Waals surface area (Å²) in [6, 6.07) is 11.5. The summed E-state index contributed by atoms with van der Waals surface area (Å²) < 4.78 is 12.9. The summed E-state index contributed by atoms with van der Waals surface area (Å²) in [7, 11) is 0. The lowest BCUT2D eigenvalue weighted by Gasteiger charge is -2.32. The van der Waals surface area contributed by atoms with Gasteiger partial charge in [0.1, 0.15) is 5.82 Å². The normalized spacial score (nSPS) is 15.8. The number of likely N-dealkylation sites (tertiary alicyclic amines) is 1. The SMILES string of the molecule is CC(C)NC(=O)C1CCCN(C(=O)Nc2ccc(NC(=O)Nc3ccc(F)cc3)cc2)C1. The number of carbonyl (C=O) groups excluding carboxylic acids is 3. The molecule has 1 saturated heterocycles. The van der Waals surface area contributed by atoms with Gasteiger partial charge in [-0.2, -0.15) is 0 Å². The Balaban J connectivity index is 1.50. The highest BCUT2D eigenvalue weighted by molar-refractivity contribution is 6.00. The molecule has 0 radical (unpaired) electrons. The maximum absolute atomic E-state index is 12.9. The number of halogens is 1. The van der Waals surface area contributed by atoms with Crippen LogP contribution in [-0.2, 0) is 4.79 Å². The summed E-state index contributed by atoms with van der Waals surface area (Å²) in [6.45, 7) is 4.81. The lowest BCUT2D eigenvalue weighted by Crippen LogP contribution is -2.47. The standard InChI is InChI=1S/C23H28FN5O3/c1-15(2)25-21(30)16-4-3-13-29(14-16)23(32)28-20-11-9-19(10-12-20)27-22(31)26-18-7-5-17(24)6-8-18/h5-12,15-16H,3-4,13-14H2,1-2H3,(H,25,30)(H,28,32)(H2,26,27,31). The second kappa shape index (κ2) is 10.6. The molecule has 1 fully saturated rings. The van der Waals surface area contributed by atoms with E-state index >= 15 is 0 Å². The largest absolute Gasteiger partial charge is 0.354 e. The number of carbonyl (C=O) groups is 3. The van der Waals surface area contributed by atoms with Crippen LogP contribution < -0.4 is 21.3 Å². The maximum Gasteiger partial charge on any atom is 0.323 e. The van der Waals surface area contributed by atoms with Crippen molar-refractivity contribution >= 4 is 35.0 Å². The summed E-state index contributed by atoms with van der Waals surface area (Å²) in [5.74, 6) is -0.609. The molecule has 0 saturated carbocycles. The van der Waals surface area contributed by atoms with Gasteiger partial charge in [-0.1, -0.05) is 0 Å². The van der Waals surface area contributed by atoms with E-state index in [-0.39, 0.29) is 29.7 Å². The van der Waals surface area contributed by atoms with Crippen LogP contribution >= 0.6 is 0 Å². The topological polar surface area (TPSA) is 103 Å². The van der Waals surface area contributed by atoms with E-state index in [0.717, 1.165) is 12.8 Å². The molecule has 8 nitrogen and oxygen atoms in total. The van der Waals surface area contributed by atoms with Gasteiger partial charge < -0.3 is 26.2 Å². The first-order valence-electron chi connectivity index (χ1n) is 10.6. The molecule has 1 heterocycles. The third-order valence-electron chi connectivity index (χ3n) is 5.01. The first kappa shape index (κ1) is 23.1. The van der Waals surface area contributed by atoms with E-state index in [1.807, 2.05) is 13.8 Å². The fourth-order valence-corrected chi connectivity index (χ4v) is 3.44. The average molecular weight is 442 g/mol. The molecule has 0 spiro atoms. The average Bonchev–Trinajstić information content (AvgIpc) is 2.76. The highest BCUT2D eigenvalue weighted by atomic mass is 19.1. The number of hydrogen-bond donors (Lipinski definition) is 4. The monoisotopic (exact) mass is 441 g/mol. The number of anilines is 3. The van der Waals surface area contributed by atoms with Crippen LogP contribution in [0.2, 0.25) is 0 Å². The number of urea groups is 2. The number of hydrogen-bond acceptors (Lipinski definition) is 3. The molecule has 32 heavy (non-hydrogen) atoms. The van der Waals surface area contributed by atoms with Gasteiger partial charge in [0.2, 0.25) is 5.91 Å². The Bertz CT molecular complexity index is 947. The zero-order chi connectivity index (χ0) is 23.1. The lowest BCUT2D eigenvalue weighted by atomic mass is 9.97. The smallest absolute Gasteiger partial charge is 0.323 e. The van der Waals surface area contributed by atoms with E-state index in [0.29, 0.717) is 30.2 Å². The van der Waals surface area contributed by atoms with E-state index in [1.165, 1.54) is 24.3 Å². The lowest BCUT2D eigenvalue weighted by molar-refractivity contribution is -0.126. The molecular formula is C23H28FN5O3. The summed E-state index contributed by atoms with van der Waals surface area (Å²) in [4.78, 5) is 38.6. The Morgan fingerprint density at radius 3 is 2.00 bits per heavy atom. The van der Waals surface area contributed by atoms with Crippen molar-refractivity contribution in [2.75, 3.05) is 29.0 Å². The number of nitrogens with one attached hydrogen (secondary N) is 4. The third kappa shape index (κ3) is 6.69. The molecule has 1 atom stereocenters. The molecule has 3 rings (SSSR count). The molecule has 1 unspecified atom stereocenters. The Labute approximate surface area is 186 Å². The van der Waals surface area contributed by atoms with Crippen molar-refractivity contribution in [3.63, 3.8) is 0 Å². The maximum atomic E-state index is 12.9. The second-order valence-electron chi connectivity index (χ2n) is 8.04. The van der Waals surface area contributed by atoms with Crippen molar-refractivity contribution in [2.45, 2.75) is 32.7 Å². The van der Waals surface area contributed by atoms with E-state index in [4.69, 9.17) is 0 Å². The van der Waals surface area contributed by atoms with Gasteiger partial charge in [-0.3, -0.25) is 4.79 Å². The van der Waals surface area contributed by atoms with E-state index in [1.54, 1.807) is 29.2 Å². The molecule has 1 aliphatic heterocycles. The van der Waals surface area contributed by atoms with Gasteiger partial charge in [-0.05, 0) is 75.2 Å². The van der Waals surface area contributed by atoms with Crippen LogP contribution in [0.15, 0.2) is 48.5 Å². The van der Waals surface area contributed by atoms with Crippen molar-refractivity contribution < 1.29 is 18.8 Å². The Hall–Kier alpha value is -3.62. The van der Waals surface area contributed by atoms with Gasteiger partial charge in [0, 0.05) is 36.2 Å². The molecule has 170 valence electrons. The van der Waals surface area contributed by atoms with Crippen LogP contribution in [0.3, 0.4) is 0 Å². The zero-order valence-corrected chi connectivity index (χ0v) is 18.2. The Morgan fingerprint density at radius 2 is 1.44 bits per heavy atom. The van der Waals surface area contributed by atoms with E-state index in [9.17, 15) is 18.8 Å². The number of nitrogens with zero attached hydrogens (tertiary/aromatic N) is 1. The van der Waals surface area contributed by atoms with Crippen molar-refractivity contribution in [3.05, 3.63) is 54.3 Å². The predicted molar refractivity (Wildman–Crippen MR) is 122 cm³/mol. The van der Waals surface area contributed by atoms with Gasteiger partial charge in [-0.25, -0.2) is 14.0 Å². The molecule has 4 N–H and O–H groups in total. The summed E-state index contributed by atoms with van der Waals surface area (Å²) in [6.07, 6.45) is 1.54. The zero-order valence-electron chi connectivity index (χ0n) is 18.2. The quantitative estimate of drug-likeness (QED) is 0.558. The minimum Gasteiger partial charge on any atom is -0.354 e. The fraction of sp³-hybridized carbons (Fsp3) is 0.348. The number of amides is 5. The highest BCUT2D eigenvalue weighted by Crippen LogP contribution is 2.19. The minimum absolute atomic E-state index is 0.0214. The van der Waals surface area contributed by atoms with Crippen molar-refractivity contribution in [2.24, 2.45) is 5.92 Å². The van der Waals surface area contributed by atoms with E-state index < -0.39 is 6.03 Å². The first-order valence-corrected chi connectivity index (χ1v) is 10.6. The molecule has 2 aromatic carbocycles. The molecule has 9 heteroatoms. The highest BCUT2D eigenvalue weighted by Gasteiger charge is 2.28. The van der Waals surface area contributed by atoms with Crippen LogP contribution in [0.5, 0.6) is 0 Å². The number of benzene rings is 2. The van der Waals surface area contributed by atoms with Gasteiger partial charge in [0.25, 0.3) is 0 Å². The second-order valence-corrected chi connectivity index (χ2v) is 8.04. The van der Waals surface area contributed by atoms with Crippen LogP contribution in [0.25, 0.3) is 0 Å². The first-order chi connectivity index (χ1) is 15.3. The summed E-state index contributed by atoms with van der Waals surface area (Å²) >= 11 is 0. The Kier molecular flexibility index (Phi) is 7.64. The van der Waals surface area contributed by atoms with Crippen molar-refractivity contribution in [1.29, 1.82) is 0 Å². The van der Waals surface area contributed by atoms with Gasteiger partial charge in [-0.15, -0.1) is 0 Å². The van der Waals surface area contributed by atoms with Gasteiger partial charge in [0.05, 0.1) is 5.92 Å². The van der Waals surface area contributed by atoms with Crippen LogP contribution in [0.1, 0.15) is 26.7 Å². The summed E-state index contributed by atoms with van der Waals surface area (Å²) in [5.41, 5.74) is 1.58. The van der Waals surface area contributed by atoms with Crippen molar-refractivity contribution in [3.8, 4) is 0 Å². The predicted octanol–water partition coefficient (Wildman–Crippen LogP) is 4.24. The fourth-order valence-electron chi connectivity index (χ4n) is 3.44.